The van der Waals surface area contributed by atoms with Crippen molar-refractivity contribution in [3.8, 4) is 17.1 Å². The molecule has 1 heterocycles. The van der Waals surface area contributed by atoms with Gasteiger partial charge in [0, 0.05) is 22.7 Å². The van der Waals surface area contributed by atoms with Crippen LogP contribution in [-0.2, 0) is 11.2 Å². The van der Waals surface area contributed by atoms with Gasteiger partial charge in [0.1, 0.15) is 5.75 Å². The highest BCUT2D eigenvalue weighted by atomic mass is 16.5. The number of rotatable bonds is 5. The fraction of sp³-hybridized carbons (Fsp3) is 0.0909. The van der Waals surface area contributed by atoms with Crippen LogP contribution in [0.2, 0.25) is 0 Å². The molecule has 0 saturated heterocycles. The summed E-state index contributed by atoms with van der Waals surface area (Å²) in [6.45, 7) is 0. The van der Waals surface area contributed by atoms with E-state index >= 15 is 0 Å². The van der Waals surface area contributed by atoms with E-state index in [-0.39, 0.29) is 12.3 Å². The van der Waals surface area contributed by atoms with Gasteiger partial charge in [0.15, 0.2) is 5.76 Å². The third kappa shape index (κ3) is 3.67. The maximum atomic E-state index is 12.4. The number of nitrogens with one attached hydrogen (secondary N) is 1. The summed E-state index contributed by atoms with van der Waals surface area (Å²) in [6.07, 6.45) is 0.142. The van der Waals surface area contributed by atoms with Crippen LogP contribution >= 0.6 is 0 Å². The molecule has 0 atom stereocenters. The zero-order valence-electron chi connectivity index (χ0n) is 14.8. The number of hydrogen-bond donors (Lipinski definition) is 1. The molecule has 0 aliphatic rings. The lowest BCUT2D eigenvalue weighted by atomic mass is 10.1. The minimum absolute atomic E-state index is 0.138. The number of benzene rings is 3. The van der Waals surface area contributed by atoms with Crippen LogP contribution in [0.25, 0.3) is 22.1 Å². The zero-order chi connectivity index (χ0) is 18.6. The third-order valence-corrected chi connectivity index (χ3v) is 4.34. The van der Waals surface area contributed by atoms with Gasteiger partial charge >= 0.3 is 0 Å². The summed E-state index contributed by atoms with van der Waals surface area (Å²) in [4.78, 5) is 12.4. The Morgan fingerprint density at radius 3 is 2.63 bits per heavy atom. The molecule has 0 aliphatic heterocycles. The second kappa shape index (κ2) is 7.33. The van der Waals surface area contributed by atoms with Crippen molar-refractivity contribution in [2.75, 3.05) is 12.4 Å². The van der Waals surface area contributed by atoms with Crippen LogP contribution in [0.4, 0.5) is 5.69 Å². The van der Waals surface area contributed by atoms with Gasteiger partial charge in [-0.3, -0.25) is 4.79 Å². The third-order valence-electron chi connectivity index (χ3n) is 4.34. The van der Waals surface area contributed by atoms with Gasteiger partial charge in [-0.25, -0.2) is 0 Å². The van der Waals surface area contributed by atoms with Gasteiger partial charge in [0.05, 0.1) is 19.2 Å². The molecule has 0 saturated carbocycles. The predicted molar refractivity (Wildman–Crippen MR) is 105 cm³/mol. The van der Waals surface area contributed by atoms with Gasteiger partial charge in [-0.1, -0.05) is 41.6 Å². The molecular weight excluding hydrogens is 340 g/mol. The van der Waals surface area contributed by atoms with Crippen LogP contribution in [0.15, 0.2) is 77.3 Å². The minimum Gasteiger partial charge on any atom is -0.497 e. The van der Waals surface area contributed by atoms with Gasteiger partial charge in [0.2, 0.25) is 5.91 Å². The van der Waals surface area contributed by atoms with Crippen LogP contribution in [0.1, 0.15) is 5.69 Å². The van der Waals surface area contributed by atoms with Crippen molar-refractivity contribution in [3.05, 3.63) is 78.5 Å². The average molecular weight is 358 g/mol. The number of nitrogens with zero attached hydrogens (tertiary/aromatic N) is 1. The van der Waals surface area contributed by atoms with Gasteiger partial charge in [-0.05, 0) is 35.7 Å². The van der Waals surface area contributed by atoms with Crippen molar-refractivity contribution < 1.29 is 14.1 Å². The molecule has 3 aromatic carbocycles. The minimum atomic E-state index is -0.138. The molecule has 0 unspecified atom stereocenters. The molecule has 4 rings (SSSR count). The summed E-state index contributed by atoms with van der Waals surface area (Å²) in [5.74, 6) is 1.25. The first-order chi connectivity index (χ1) is 13.2. The Hall–Kier alpha value is -3.60. The van der Waals surface area contributed by atoms with Crippen molar-refractivity contribution in [2.24, 2.45) is 0 Å². The number of anilines is 1. The maximum absolute atomic E-state index is 12.4. The summed E-state index contributed by atoms with van der Waals surface area (Å²) >= 11 is 0. The SMILES string of the molecule is COc1ccc(-c2cc(CC(=O)Nc3cccc4ccccc34)no2)cc1. The molecule has 0 bridgehead atoms. The molecule has 1 aromatic heterocycles. The quantitative estimate of drug-likeness (QED) is 0.562. The summed E-state index contributed by atoms with van der Waals surface area (Å²) in [6, 6.07) is 23.0. The molecule has 5 heteroatoms. The molecule has 0 radical (unpaired) electrons. The highest BCUT2D eigenvalue weighted by Crippen LogP contribution is 2.25. The summed E-state index contributed by atoms with van der Waals surface area (Å²) in [5, 5.41) is 9.06. The summed E-state index contributed by atoms with van der Waals surface area (Å²) in [7, 11) is 1.62. The molecule has 0 fully saturated rings. The van der Waals surface area contributed by atoms with E-state index in [9.17, 15) is 4.79 Å². The van der Waals surface area contributed by atoms with Crippen LogP contribution in [0.3, 0.4) is 0 Å². The van der Waals surface area contributed by atoms with Crippen molar-refractivity contribution in [2.45, 2.75) is 6.42 Å². The van der Waals surface area contributed by atoms with Crippen molar-refractivity contribution in [1.29, 1.82) is 0 Å². The number of amides is 1. The van der Waals surface area contributed by atoms with E-state index in [2.05, 4.69) is 10.5 Å². The molecule has 5 nitrogen and oxygen atoms in total. The zero-order valence-corrected chi connectivity index (χ0v) is 14.8. The van der Waals surface area contributed by atoms with E-state index in [0.29, 0.717) is 11.5 Å². The molecule has 0 spiro atoms. The van der Waals surface area contributed by atoms with E-state index < -0.39 is 0 Å². The smallest absolute Gasteiger partial charge is 0.230 e. The predicted octanol–water partition coefficient (Wildman–Crippen LogP) is 4.68. The Balaban J connectivity index is 1.47. The monoisotopic (exact) mass is 358 g/mol. The number of ether oxygens (including phenoxy) is 1. The summed E-state index contributed by atoms with van der Waals surface area (Å²) < 4.78 is 10.5. The Kier molecular flexibility index (Phi) is 4.58. The standard InChI is InChI=1S/C22H18N2O3/c1-26-18-11-9-16(10-12-18)21-13-17(24-27-21)14-22(25)23-20-8-4-6-15-5-2-3-7-19(15)20/h2-13H,14H2,1H3,(H,23,25). The molecule has 1 amide bonds. The highest BCUT2D eigenvalue weighted by molar-refractivity contribution is 6.02. The van der Waals surface area contributed by atoms with E-state index in [1.54, 1.807) is 13.2 Å². The summed E-state index contributed by atoms with van der Waals surface area (Å²) in [5.41, 5.74) is 2.25. The Morgan fingerprint density at radius 2 is 1.81 bits per heavy atom. The molecule has 27 heavy (non-hydrogen) atoms. The van der Waals surface area contributed by atoms with Gasteiger partial charge < -0.3 is 14.6 Å². The van der Waals surface area contributed by atoms with Crippen LogP contribution in [0, 0.1) is 0 Å². The Bertz CT molecular complexity index is 1080. The number of carbonyl (C=O) groups is 1. The fourth-order valence-electron chi connectivity index (χ4n) is 2.98. The highest BCUT2D eigenvalue weighted by Gasteiger charge is 2.12. The number of carbonyl (C=O) groups excluding carboxylic acids is 1. The first-order valence-corrected chi connectivity index (χ1v) is 8.60. The van der Waals surface area contributed by atoms with E-state index in [1.165, 1.54) is 0 Å². The largest absolute Gasteiger partial charge is 0.497 e. The van der Waals surface area contributed by atoms with E-state index in [1.807, 2.05) is 66.7 Å². The Labute approximate surface area is 156 Å². The van der Waals surface area contributed by atoms with E-state index in [4.69, 9.17) is 9.26 Å². The maximum Gasteiger partial charge on any atom is 0.230 e. The second-order valence-corrected chi connectivity index (χ2v) is 6.16. The van der Waals surface area contributed by atoms with Gasteiger partial charge in [0.25, 0.3) is 0 Å². The lowest BCUT2D eigenvalue weighted by Gasteiger charge is -2.07. The van der Waals surface area contributed by atoms with Crippen molar-refractivity contribution in [3.63, 3.8) is 0 Å². The first kappa shape index (κ1) is 16.8. The van der Waals surface area contributed by atoms with Gasteiger partial charge in [-0.15, -0.1) is 0 Å². The number of methoxy groups -OCH3 is 1. The molecule has 4 aromatic rings. The van der Waals surface area contributed by atoms with Gasteiger partial charge in [-0.2, -0.15) is 0 Å². The van der Waals surface area contributed by atoms with Crippen LogP contribution in [0.5, 0.6) is 5.75 Å². The van der Waals surface area contributed by atoms with Crippen molar-refractivity contribution in [1.82, 2.24) is 5.16 Å². The lowest BCUT2D eigenvalue weighted by Crippen LogP contribution is -2.14. The van der Waals surface area contributed by atoms with E-state index in [0.717, 1.165) is 27.8 Å². The van der Waals surface area contributed by atoms with Crippen LogP contribution in [-0.4, -0.2) is 18.2 Å². The lowest BCUT2D eigenvalue weighted by molar-refractivity contribution is -0.115. The Morgan fingerprint density at radius 1 is 1.04 bits per heavy atom. The topological polar surface area (TPSA) is 64.4 Å². The number of hydrogen-bond acceptors (Lipinski definition) is 4. The first-order valence-electron chi connectivity index (χ1n) is 8.60. The molecule has 0 aliphatic carbocycles. The molecule has 134 valence electrons. The second-order valence-electron chi connectivity index (χ2n) is 6.16. The van der Waals surface area contributed by atoms with Crippen molar-refractivity contribution >= 4 is 22.4 Å². The van der Waals surface area contributed by atoms with Crippen LogP contribution < -0.4 is 10.1 Å². The number of fused-ring (bicyclic) bond motifs is 1. The molecule has 1 N–H and O–H groups in total. The average Bonchev–Trinajstić information content (AvgIpc) is 3.16. The fourth-order valence-corrected chi connectivity index (χ4v) is 2.98. The normalized spacial score (nSPS) is 10.7. The number of aromatic nitrogens is 1. The molecular formula is C22H18N2O3.